The lowest BCUT2D eigenvalue weighted by Crippen LogP contribution is -2.14. The van der Waals surface area contributed by atoms with Gasteiger partial charge in [-0.3, -0.25) is 9.36 Å². The number of hydrogen-bond donors (Lipinski definition) is 1. The Bertz CT molecular complexity index is 789. The number of rotatable bonds is 5. The van der Waals surface area contributed by atoms with Gasteiger partial charge in [0, 0.05) is 11.4 Å². The first-order valence-electron chi connectivity index (χ1n) is 6.86. The van der Waals surface area contributed by atoms with Crippen molar-refractivity contribution >= 4 is 23.4 Å². The number of nitrogens with one attached hydrogen (secondary N) is 1. The number of hydrogen-bond acceptors (Lipinski definition) is 4. The van der Waals surface area contributed by atoms with E-state index in [2.05, 4.69) is 15.5 Å². The van der Waals surface area contributed by atoms with Crippen molar-refractivity contribution < 1.29 is 9.18 Å². The number of benzene rings is 2. The summed E-state index contributed by atoms with van der Waals surface area (Å²) in [6.07, 6.45) is 1.61. The molecule has 1 N–H and O–H groups in total. The van der Waals surface area contributed by atoms with Gasteiger partial charge in [0.25, 0.3) is 0 Å². The quantitative estimate of drug-likeness (QED) is 0.731. The zero-order chi connectivity index (χ0) is 16.1. The van der Waals surface area contributed by atoms with E-state index < -0.39 is 0 Å². The second kappa shape index (κ2) is 7.06. The maximum atomic E-state index is 12.8. The van der Waals surface area contributed by atoms with Crippen molar-refractivity contribution in [1.82, 2.24) is 14.8 Å². The number of thioether (sulfide) groups is 1. The Balaban J connectivity index is 1.62. The molecular formula is C16H13FN4OS. The van der Waals surface area contributed by atoms with Gasteiger partial charge >= 0.3 is 0 Å². The maximum Gasteiger partial charge on any atom is 0.234 e. The molecule has 1 aromatic heterocycles. The summed E-state index contributed by atoms with van der Waals surface area (Å²) in [5, 5.41) is 11.3. The first kappa shape index (κ1) is 15.2. The largest absolute Gasteiger partial charge is 0.325 e. The SMILES string of the molecule is O=C(CSc1nncn1-c1ccccc1)Nc1ccc(F)cc1. The van der Waals surface area contributed by atoms with Crippen LogP contribution in [0.25, 0.3) is 5.69 Å². The molecule has 0 saturated carbocycles. The van der Waals surface area contributed by atoms with E-state index in [1.165, 1.54) is 36.0 Å². The minimum atomic E-state index is -0.340. The zero-order valence-electron chi connectivity index (χ0n) is 12.0. The van der Waals surface area contributed by atoms with Crippen molar-refractivity contribution in [3.8, 4) is 5.69 Å². The van der Waals surface area contributed by atoms with E-state index in [9.17, 15) is 9.18 Å². The molecule has 5 nitrogen and oxygen atoms in total. The number of carbonyl (C=O) groups is 1. The van der Waals surface area contributed by atoms with Gasteiger partial charge in [-0.1, -0.05) is 30.0 Å². The van der Waals surface area contributed by atoms with Crippen LogP contribution in [-0.2, 0) is 4.79 Å². The van der Waals surface area contributed by atoms with Crippen LogP contribution < -0.4 is 5.32 Å². The molecule has 0 fully saturated rings. The normalized spacial score (nSPS) is 10.5. The molecule has 116 valence electrons. The number of aromatic nitrogens is 3. The number of carbonyl (C=O) groups excluding carboxylic acids is 1. The summed E-state index contributed by atoms with van der Waals surface area (Å²) in [6.45, 7) is 0. The summed E-state index contributed by atoms with van der Waals surface area (Å²) >= 11 is 1.28. The van der Waals surface area contributed by atoms with Crippen molar-refractivity contribution in [2.75, 3.05) is 11.1 Å². The van der Waals surface area contributed by atoms with Crippen LogP contribution in [0.15, 0.2) is 66.1 Å². The van der Waals surface area contributed by atoms with Crippen LogP contribution in [0.2, 0.25) is 0 Å². The summed E-state index contributed by atoms with van der Waals surface area (Å²) in [6, 6.07) is 15.3. The van der Waals surface area contributed by atoms with E-state index in [4.69, 9.17) is 0 Å². The summed E-state index contributed by atoms with van der Waals surface area (Å²) < 4.78 is 14.6. The molecule has 1 heterocycles. The summed E-state index contributed by atoms with van der Waals surface area (Å²) in [4.78, 5) is 12.0. The molecule has 2 aromatic carbocycles. The highest BCUT2D eigenvalue weighted by Crippen LogP contribution is 2.19. The molecule has 0 unspecified atom stereocenters. The summed E-state index contributed by atoms with van der Waals surface area (Å²) in [5.41, 5.74) is 1.49. The van der Waals surface area contributed by atoms with Crippen LogP contribution in [0.3, 0.4) is 0 Å². The molecule has 0 aliphatic heterocycles. The molecule has 7 heteroatoms. The van der Waals surface area contributed by atoms with E-state index in [0.717, 1.165) is 5.69 Å². The molecule has 0 saturated heterocycles. The van der Waals surface area contributed by atoms with E-state index in [-0.39, 0.29) is 17.5 Å². The minimum absolute atomic E-state index is 0.183. The van der Waals surface area contributed by atoms with E-state index in [0.29, 0.717) is 10.8 Å². The smallest absolute Gasteiger partial charge is 0.234 e. The van der Waals surface area contributed by atoms with Gasteiger partial charge in [-0.15, -0.1) is 10.2 Å². The molecule has 0 atom stereocenters. The van der Waals surface area contributed by atoms with Crippen LogP contribution in [0.4, 0.5) is 10.1 Å². The van der Waals surface area contributed by atoms with Crippen LogP contribution in [0.5, 0.6) is 0 Å². The molecule has 1 amide bonds. The fraction of sp³-hybridized carbons (Fsp3) is 0.0625. The van der Waals surface area contributed by atoms with Crippen LogP contribution in [0, 0.1) is 5.82 Å². The second-order valence-electron chi connectivity index (χ2n) is 4.66. The molecular weight excluding hydrogens is 315 g/mol. The molecule has 23 heavy (non-hydrogen) atoms. The Labute approximate surface area is 136 Å². The lowest BCUT2D eigenvalue weighted by molar-refractivity contribution is -0.113. The number of halogens is 1. The van der Waals surface area contributed by atoms with Gasteiger partial charge in [-0.2, -0.15) is 0 Å². The third-order valence-corrected chi connectivity index (χ3v) is 3.95. The zero-order valence-corrected chi connectivity index (χ0v) is 12.8. The summed E-state index contributed by atoms with van der Waals surface area (Å²) in [7, 11) is 0. The van der Waals surface area contributed by atoms with E-state index >= 15 is 0 Å². The lowest BCUT2D eigenvalue weighted by atomic mass is 10.3. The fourth-order valence-corrected chi connectivity index (χ4v) is 2.68. The maximum absolute atomic E-state index is 12.8. The number of para-hydroxylation sites is 1. The standard InChI is InChI=1S/C16H13FN4OS/c17-12-6-8-13(9-7-12)19-15(22)10-23-16-20-18-11-21(16)14-4-2-1-3-5-14/h1-9,11H,10H2,(H,19,22). The Morgan fingerprint density at radius 3 is 2.61 bits per heavy atom. The minimum Gasteiger partial charge on any atom is -0.325 e. The molecule has 0 aliphatic rings. The predicted octanol–water partition coefficient (Wildman–Crippen LogP) is 3.14. The lowest BCUT2D eigenvalue weighted by Gasteiger charge is -2.07. The average molecular weight is 328 g/mol. The van der Waals surface area contributed by atoms with Gasteiger partial charge in [0.05, 0.1) is 5.75 Å². The highest BCUT2D eigenvalue weighted by Gasteiger charge is 2.10. The summed E-state index contributed by atoms with van der Waals surface area (Å²) in [5.74, 6) is -0.347. The van der Waals surface area contributed by atoms with Gasteiger partial charge in [-0.05, 0) is 36.4 Å². The Morgan fingerprint density at radius 1 is 1.13 bits per heavy atom. The Morgan fingerprint density at radius 2 is 1.87 bits per heavy atom. The topological polar surface area (TPSA) is 59.8 Å². The molecule has 0 radical (unpaired) electrons. The van der Waals surface area contributed by atoms with Crippen LogP contribution in [0.1, 0.15) is 0 Å². The van der Waals surface area contributed by atoms with Crippen molar-refractivity contribution in [3.63, 3.8) is 0 Å². The number of anilines is 1. The third kappa shape index (κ3) is 3.95. The Hall–Kier alpha value is -2.67. The van der Waals surface area contributed by atoms with Gasteiger partial charge in [0.1, 0.15) is 12.1 Å². The molecule has 0 bridgehead atoms. The second-order valence-corrected chi connectivity index (χ2v) is 5.61. The van der Waals surface area contributed by atoms with Gasteiger partial charge < -0.3 is 5.32 Å². The number of nitrogens with zero attached hydrogens (tertiary/aromatic N) is 3. The Kier molecular flexibility index (Phi) is 4.68. The van der Waals surface area contributed by atoms with Gasteiger partial charge in [-0.25, -0.2) is 4.39 Å². The third-order valence-electron chi connectivity index (χ3n) is 3.01. The highest BCUT2D eigenvalue weighted by molar-refractivity contribution is 7.99. The van der Waals surface area contributed by atoms with Crippen LogP contribution >= 0.6 is 11.8 Å². The molecule has 0 spiro atoms. The van der Waals surface area contributed by atoms with Crippen LogP contribution in [-0.4, -0.2) is 26.4 Å². The monoisotopic (exact) mass is 328 g/mol. The van der Waals surface area contributed by atoms with E-state index in [1.807, 2.05) is 34.9 Å². The first-order valence-corrected chi connectivity index (χ1v) is 7.84. The average Bonchev–Trinajstić information content (AvgIpc) is 3.04. The first-order chi connectivity index (χ1) is 11.2. The van der Waals surface area contributed by atoms with Crippen molar-refractivity contribution in [3.05, 3.63) is 66.7 Å². The molecule has 3 rings (SSSR count). The fourth-order valence-electron chi connectivity index (χ4n) is 1.95. The van der Waals surface area contributed by atoms with E-state index in [1.54, 1.807) is 6.33 Å². The predicted molar refractivity (Wildman–Crippen MR) is 87.1 cm³/mol. The molecule has 0 aliphatic carbocycles. The van der Waals surface area contributed by atoms with Crippen molar-refractivity contribution in [2.45, 2.75) is 5.16 Å². The number of amides is 1. The van der Waals surface area contributed by atoms with Gasteiger partial charge in [0.2, 0.25) is 5.91 Å². The molecule has 3 aromatic rings. The van der Waals surface area contributed by atoms with Crippen molar-refractivity contribution in [2.24, 2.45) is 0 Å². The van der Waals surface area contributed by atoms with Gasteiger partial charge in [0.15, 0.2) is 5.16 Å². The highest BCUT2D eigenvalue weighted by atomic mass is 32.2. The van der Waals surface area contributed by atoms with Crippen molar-refractivity contribution in [1.29, 1.82) is 0 Å².